The van der Waals surface area contributed by atoms with Crippen molar-refractivity contribution in [2.24, 2.45) is 0 Å². The molecule has 31 heavy (non-hydrogen) atoms. The molecule has 0 aliphatic heterocycles. The summed E-state index contributed by atoms with van der Waals surface area (Å²) in [6.07, 6.45) is 0. The minimum absolute atomic E-state index is 0.0909. The van der Waals surface area contributed by atoms with Crippen molar-refractivity contribution in [2.75, 3.05) is 5.32 Å². The molecule has 6 heteroatoms. The van der Waals surface area contributed by atoms with E-state index in [0.717, 1.165) is 27.9 Å². The monoisotopic (exact) mass is 430 g/mol. The van der Waals surface area contributed by atoms with E-state index in [4.69, 9.17) is 11.6 Å². The largest absolute Gasteiger partial charge is 0.319 e. The number of nitrogens with zero attached hydrogens (tertiary/aromatic N) is 3. The molecule has 4 rings (SSSR count). The second kappa shape index (κ2) is 8.36. The zero-order valence-corrected chi connectivity index (χ0v) is 18.7. The van der Waals surface area contributed by atoms with Crippen LogP contribution in [0.3, 0.4) is 0 Å². The molecule has 0 atom stereocenters. The van der Waals surface area contributed by atoms with Gasteiger partial charge in [-0.05, 0) is 68.7 Å². The molecule has 0 spiro atoms. The molecule has 0 aliphatic rings. The predicted octanol–water partition coefficient (Wildman–Crippen LogP) is 6.07. The Morgan fingerprint density at radius 2 is 1.68 bits per heavy atom. The standard InChI is InChI=1S/C25H23ClN4O/c1-15-8-11-19(12-9-15)24-28-23(25(31)27-20-13-10-16(2)17(3)14-20)29-30(24)22-7-5-6-21(26)18(22)4/h5-14H,1-4H3,(H,27,31). The lowest BCUT2D eigenvalue weighted by Crippen LogP contribution is -2.14. The molecule has 0 unspecified atom stereocenters. The highest BCUT2D eigenvalue weighted by atomic mass is 35.5. The van der Waals surface area contributed by atoms with Gasteiger partial charge in [0.25, 0.3) is 5.91 Å². The van der Waals surface area contributed by atoms with Gasteiger partial charge < -0.3 is 5.32 Å². The number of halogens is 1. The summed E-state index contributed by atoms with van der Waals surface area (Å²) in [7, 11) is 0. The van der Waals surface area contributed by atoms with Crippen LogP contribution in [-0.4, -0.2) is 20.7 Å². The summed E-state index contributed by atoms with van der Waals surface area (Å²) in [5, 5.41) is 8.08. The highest BCUT2D eigenvalue weighted by molar-refractivity contribution is 6.31. The van der Waals surface area contributed by atoms with E-state index in [2.05, 4.69) is 15.4 Å². The lowest BCUT2D eigenvalue weighted by molar-refractivity contribution is 0.101. The zero-order valence-electron chi connectivity index (χ0n) is 17.9. The quantitative estimate of drug-likeness (QED) is 0.427. The average molecular weight is 431 g/mol. The van der Waals surface area contributed by atoms with Crippen molar-refractivity contribution in [3.63, 3.8) is 0 Å². The molecular formula is C25H23ClN4O. The Bertz CT molecular complexity index is 1280. The molecule has 3 aromatic carbocycles. The normalized spacial score (nSPS) is 10.9. The van der Waals surface area contributed by atoms with Crippen LogP contribution in [0.1, 0.15) is 32.9 Å². The van der Waals surface area contributed by atoms with Crippen LogP contribution >= 0.6 is 11.6 Å². The Kier molecular flexibility index (Phi) is 5.61. The van der Waals surface area contributed by atoms with Crippen LogP contribution in [0.2, 0.25) is 5.02 Å². The van der Waals surface area contributed by atoms with Gasteiger partial charge in [0, 0.05) is 16.3 Å². The number of rotatable bonds is 4. The molecule has 1 N–H and O–H groups in total. The van der Waals surface area contributed by atoms with Gasteiger partial charge in [0.1, 0.15) is 0 Å². The third-order valence-electron chi connectivity index (χ3n) is 5.35. The molecule has 0 saturated heterocycles. The molecule has 0 radical (unpaired) electrons. The fourth-order valence-electron chi connectivity index (χ4n) is 3.30. The third kappa shape index (κ3) is 4.23. The van der Waals surface area contributed by atoms with E-state index in [9.17, 15) is 4.79 Å². The Labute approximate surface area is 186 Å². The van der Waals surface area contributed by atoms with Gasteiger partial charge in [-0.1, -0.05) is 53.6 Å². The minimum Gasteiger partial charge on any atom is -0.319 e. The maximum atomic E-state index is 13.0. The van der Waals surface area contributed by atoms with Crippen LogP contribution in [0, 0.1) is 27.7 Å². The lowest BCUT2D eigenvalue weighted by atomic mass is 10.1. The third-order valence-corrected chi connectivity index (χ3v) is 5.76. The van der Waals surface area contributed by atoms with Gasteiger partial charge in [-0.15, -0.1) is 5.10 Å². The lowest BCUT2D eigenvalue weighted by Gasteiger charge is -2.10. The van der Waals surface area contributed by atoms with Crippen LogP contribution in [0.5, 0.6) is 0 Å². The maximum Gasteiger partial charge on any atom is 0.295 e. The molecule has 4 aromatic rings. The average Bonchev–Trinajstić information content (AvgIpc) is 3.18. The van der Waals surface area contributed by atoms with Crippen molar-refractivity contribution in [1.29, 1.82) is 0 Å². The summed E-state index contributed by atoms with van der Waals surface area (Å²) < 4.78 is 1.68. The summed E-state index contributed by atoms with van der Waals surface area (Å²) in [5.74, 6) is 0.304. The Hall–Kier alpha value is -3.44. The van der Waals surface area contributed by atoms with Crippen LogP contribution in [0.4, 0.5) is 5.69 Å². The smallest absolute Gasteiger partial charge is 0.295 e. The Morgan fingerprint density at radius 1 is 0.935 bits per heavy atom. The molecule has 156 valence electrons. The summed E-state index contributed by atoms with van der Waals surface area (Å²) in [5.41, 5.74) is 6.62. The van der Waals surface area contributed by atoms with Crippen LogP contribution in [-0.2, 0) is 0 Å². The van der Waals surface area contributed by atoms with E-state index in [1.807, 2.05) is 88.4 Å². The molecule has 1 heterocycles. The zero-order chi connectivity index (χ0) is 22.1. The minimum atomic E-state index is -0.366. The van der Waals surface area contributed by atoms with E-state index in [1.165, 1.54) is 5.56 Å². The van der Waals surface area contributed by atoms with Gasteiger partial charge in [0.15, 0.2) is 5.82 Å². The molecule has 0 bridgehead atoms. The SMILES string of the molecule is Cc1ccc(-c2nc(C(=O)Nc3ccc(C)c(C)c3)nn2-c2cccc(Cl)c2C)cc1. The fourth-order valence-corrected chi connectivity index (χ4v) is 3.47. The molecule has 0 saturated carbocycles. The maximum absolute atomic E-state index is 13.0. The van der Waals surface area contributed by atoms with E-state index in [0.29, 0.717) is 16.5 Å². The highest BCUT2D eigenvalue weighted by Gasteiger charge is 2.20. The molecule has 0 aliphatic carbocycles. The first-order valence-electron chi connectivity index (χ1n) is 10.0. The van der Waals surface area contributed by atoms with E-state index >= 15 is 0 Å². The summed E-state index contributed by atoms with van der Waals surface area (Å²) in [4.78, 5) is 17.6. The van der Waals surface area contributed by atoms with Gasteiger partial charge in [-0.25, -0.2) is 9.67 Å². The molecule has 1 aromatic heterocycles. The fraction of sp³-hybridized carbons (Fsp3) is 0.160. The molecular weight excluding hydrogens is 408 g/mol. The van der Waals surface area contributed by atoms with Crippen molar-refractivity contribution in [1.82, 2.24) is 14.8 Å². The van der Waals surface area contributed by atoms with Gasteiger partial charge in [0.2, 0.25) is 5.82 Å². The van der Waals surface area contributed by atoms with E-state index in [1.54, 1.807) is 4.68 Å². The van der Waals surface area contributed by atoms with Crippen molar-refractivity contribution < 1.29 is 4.79 Å². The number of nitrogens with one attached hydrogen (secondary N) is 1. The van der Waals surface area contributed by atoms with Crippen molar-refractivity contribution in [3.05, 3.63) is 93.8 Å². The number of hydrogen-bond acceptors (Lipinski definition) is 3. The van der Waals surface area contributed by atoms with Gasteiger partial charge in [0.05, 0.1) is 5.69 Å². The summed E-state index contributed by atoms with van der Waals surface area (Å²) in [6.45, 7) is 7.99. The molecule has 0 fully saturated rings. The number of aromatic nitrogens is 3. The highest BCUT2D eigenvalue weighted by Crippen LogP contribution is 2.27. The number of amides is 1. The number of aryl methyl sites for hydroxylation is 3. The van der Waals surface area contributed by atoms with Crippen LogP contribution in [0.25, 0.3) is 17.1 Å². The number of carbonyl (C=O) groups excluding carboxylic acids is 1. The number of carbonyl (C=O) groups is 1. The molecule has 1 amide bonds. The summed E-state index contributed by atoms with van der Waals surface area (Å²) >= 11 is 6.35. The Morgan fingerprint density at radius 3 is 2.39 bits per heavy atom. The van der Waals surface area contributed by atoms with E-state index < -0.39 is 0 Å². The van der Waals surface area contributed by atoms with Gasteiger partial charge in [-0.3, -0.25) is 4.79 Å². The number of benzene rings is 3. The Balaban J connectivity index is 1.79. The van der Waals surface area contributed by atoms with Crippen LogP contribution in [0.15, 0.2) is 60.7 Å². The van der Waals surface area contributed by atoms with Gasteiger partial charge >= 0.3 is 0 Å². The van der Waals surface area contributed by atoms with Crippen LogP contribution < -0.4 is 5.32 Å². The van der Waals surface area contributed by atoms with E-state index in [-0.39, 0.29) is 11.7 Å². The van der Waals surface area contributed by atoms with Crippen molar-refractivity contribution >= 4 is 23.2 Å². The second-order valence-corrected chi connectivity index (χ2v) is 8.08. The van der Waals surface area contributed by atoms with Gasteiger partial charge in [-0.2, -0.15) is 0 Å². The number of anilines is 1. The van der Waals surface area contributed by atoms with Crippen molar-refractivity contribution in [3.8, 4) is 17.1 Å². The first-order valence-corrected chi connectivity index (χ1v) is 10.4. The predicted molar refractivity (Wildman–Crippen MR) is 125 cm³/mol. The first-order chi connectivity index (χ1) is 14.8. The molecule has 5 nitrogen and oxygen atoms in total. The second-order valence-electron chi connectivity index (χ2n) is 7.67. The number of hydrogen-bond donors (Lipinski definition) is 1. The first kappa shape index (κ1) is 20.8. The van der Waals surface area contributed by atoms with Crippen molar-refractivity contribution in [2.45, 2.75) is 27.7 Å². The topological polar surface area (TPSA) is 59.8 Å². The summed E-state index contributed by atoms with van der Waals surface area (Å²) in [6, 6.07) is 19.4.